The van der Waals surface area contributed by atoms with Crippen LogP contribution in [0.4, 0.5) is 34.1 Å². The minimum Gasteiger partial charge on any atom is -0.456 e. The molecule has 0 aliphatic rings. The summed E-state index contributed by atoms with van der Waals surface area (Å²) in [5, 5.41) is 15.7. The van der Waals surface area contributed by atoms with Crippen LogP contribution >= 0.6 is 15.9 Å². The molecule has 0 spiro atoms. The van der Waals surface area contributed by atoms with Gasteiger partial charge in [-0.2, -0.15) is 0 Å². The summed E-state index contributed by atoms with van der Waals surface area (Å²) in [6.45, 7) is 20.1. The number of nitrogens with one attached hydrogen (secondary N) is 6. The zero-order chi connectivity index (χ0) is 65.3. The van der Waals surface area contributed by atoms with E-state index in [-0.39, 0.29) is 60.9 Å². The summed E-state index contributed by atoms with van der Waals surface area (Å²) >= 11 is 3.33. The topological polar surface area (TPSA) is 318 Å². The van der Waals surface area contributed by atoms with Gasteiger partial charge in [-0.25, -0.2) is 34.1 Å². The normalized spacial score (nSPS) is 11.4. The number of amides is 6. The number of anilines is 6. The first kappa shape index (κ1) is 66.0. The van der Waals surface area contributed by atoms with E-state index in [4.69, 9.17) is 18.9 Å². The van der Waals surface area contributed by atoms with E-state index in [2.05, 4.69) is 62.8 Å². The molecule has 460 valence electrons. The predicted molar refractivity (Wildman–Crippen MR) is 335 cm³/mol. The van der Waals surface area contributed by atoms with Crippen molar-refractivity contribution in [2.45, 2.75) is 105 Å². The molecule has 0 unspecified atom stereocenters. The lowest BCUT2D eigenvalue weighted by atomic mass is 10.1. The molecular formula is C65H64BrN9O14. The number of benzene rings is 4. The molecule has 6 amide bonds. The van der Waals surface area contributed by atoms with E-state index in [1.807, 2.05) is 0 Å². The quantitative estimate of drug-likeness (QED) is 0.0387. The van der Waals surface area contributed by atoms with E-state index in [1.54, 1.807) is 132 Å². The number of hydrogen-bond donors (Lipinski definition) is 6. The van der Waals surface area contributed by atoms with E-state index in [9.17, 15) is 47.9 Å². The molecule has 0 saturated heterocycles. The average Bonchev–Trinajstić information content (AvgIpc) is 2.28. The second kappa shape index (κ2) is 27.1. The number of aromatic nitrogens is 3. The highest BCUT2D eigenvalue weighted by molar-refractivity contribution is 9.10. The van der Waals surface area contributed by atoms with E-state index in [0.717, 1.165) is 24.3 Å². The fraction of sp³-hybridized carbons (Fsp3) is 0.246. The minimum absolute atomic E-state index is 0.00471. The van der Waals surface area contributed by atoms with Gasteiger partial charge >= 0.3 is 23.9 Å². The van der Waals surface area contributed by atoms with Gasteiger partial charge in [0.25, 0.3) is 35.4 Å². The number of pyridine rings is 3. The first-order valence-corrected chi connectivity index (χ1v) is 28.3. The van der Waals surface area contributed by atoms with Crippen molar-refractivity contribution in [2.24, 2.45) is 0 Å². The van der Waals surface area contributed by atoms with Gasteiger partial charge in [-0.1, -0.05) is 64.5 Å². The van der Waals surface area contributed by atoms with Gasteiger partial charge in [0.05, 0.1) is 45.0 Å². The van der Waals surface area contributed by atoms with Crippen LogP contribution < -0.4 is 31.9 Å². The van der Waals surface area contributed by atoms with Crippen molar-refractivity contribution in [3.8, 4) is 0 Å². The van der Waals surface area contributed by atoms with Gasteiger partial charge in [0.2, 0.25) is 0 Å². The Hall–Kier alpha value is -10.5. The number of ether oxygens (including phenoxy) is 4. The summed E-state index contributed by atoms with van der Waals surface area (Å²) in [7, 11) is 0. The van der Waals surface area contributed by atoms with Gasteiger partial charge in [0, 0.05) is 15.8 Å². The van der Waals surface area contributed by atoms with Gasteiger partial charge in [-0.3, -0.25) is 28.8 Å². The molecule has 6 N–H and O–H groups in total. The minimum atomic E-state index is -0.977. The van der Waals surface area contributed by atoms with Crippen LogP contribution in [0, 0.1) is 0 Å². The zero-order valence-corrected chi connectivity index (χ0v) is 52.2. The molecule has 0 atom stereocenters. The van der Waals surface area contributed by atoms with Gasteiger partial charge in [-0.05, 0) is 168 Å². The zero-order valence-electron chi connectivity index (χ0n) is 50.6. The molecule has 24 heteroatoms. The molecule has 7 rings (SSSR count). The number of halogens is 1. The summed E-state index contributed by atoms with van der Waals surface area (Å²) in [6, 6.07) is 31.1. The SMILES string of the molecule is CC(C)(C)OC(=O)c1ccccc1NC(=O)c1cc(NC(=O)c2cc(Br)cc(C(=O)Nc3cc(C(=O)Nc4ccccc4C(=O)OC(C)(C)C)nc(C(=O)Nc4ccccc4C(=O)OC(C)(C)C)c3)n2)cc(C(=O)Nc2ccccc2C(=O)OC(C)(C)C)n1. The summed E-state index contributed by atoms with van der Waals surface area (Å²) in [6.07, 6.45) is 0. The maximum atomic E-state index is 14.3. The Labute approximate surface area is 520 Å². The molecule has 4 aromatic carbocycles. The van der Waals surface area contributed by atoms with Gasteiger partial charge in [-0.15, -0.1) is 0 Å². The number of hydrogen-bond acceptors (Lipinski definition) is 17. The van der Waals surface area contributed by atoms with Crippen LogP contribution in [0.2, 0.25) is 0 Å². The highest BCUT2D eigenvalue weighted by Crippen LogP contribution is 2.28. The molecule has 0 bridgehead atoms. The van der Waals surface area contributed by atoms with Crippen LogP contribution in [0.15, 0.2) is 138 Å². The number of nitrogens with zero attached hydrogens (tertiary/aromatic N) is 3. The Bertz CT molecular complexity index is 3530. The molecule has 89 heavy (non-hydrogen) atoms. The maximum absolute atomic E-state index is 14.3. The first-order chi connectivity index (χ1) is 41.6. The van der Waals surface area contributed by atoms with Crippen molar-refractivity contribution >= 4 is 109 Å². The highest BCUT2D eigenvalue weighted by atomic mass is 79.9. The summed E-state index contributed by atoms with van der Waals surface area (Å²) in [4.78, 5) is 151. The lowest BCUT2D eigenvalue weighted by Gasteiger charge is -2.21. The standard InChI is InChI=1S/C65H64BrN9O14/c1-62(2,3)86-58(82)38-21-13-17-25-42(38)72-54(78)48-31-36(32-49(70-48)55(79)73-43-26-18-14-22-39(43)59(83)87-63(4,5)6)67-52(76)46-29-35(66)30-47(69-46)53(77)68-37-33-50(56(80)74-44-27-19-15-23-40(44)60(84)88-64(7,8)9)71-51(34-37)57(81)75-45-28-20-16-24-41(45)61(85)89-65(10,11)12/h13-34H,1-12H3,(H,72,78)(H,73,79)(H,74,80)(H,75,81)(H,67,70,76)(H,68,71,77). The number of esters is 4. The molecule has 0 aliphatic heterocycles. The van der Waals surface area contributed by atoms with E-state index in [1.165, 1.54) is 60.7 Å². The van der Waals surface area contributed by atoms with E-state index < -0.39 is 116 Å². The third-order valence-corrected chi connectivity index (χ3v) is 12.0. The Balaban J connectivity index is 1.22. The van der Waals surface area contributed by atoms with Crippen LogP contribution in [0.5, 0.6) is 0 Å². The van der Waals surface area contributed by atoms with Crippen molar-refractivity contribution in [3.63, 3.8) is 0 Å². The Morgan fingerprint density at radius 3 is 0.708 bits per heavy atom. The number of rotatable bonds is 16. The van der Waals surface area contributed by atoms with Crippen LogP contribution in [-0.2, 0) is 18.9 Å². The molecular weight excluding hydrogens is 1210 g/mol. The second-order valence-corrected chi connectivity index (χ2v) is 24.6. The van der Waals surface area contributed by atoms with Crippen LogP contribution in [0.3, 0.4) is 0 Å². The predicted octanol–water partition coefficient (Wildman–Crippen LogP) is 12.0. The monoisotopic (exact) mass is 1270 g/mol. The van der Waals surface area contributed by atoms with Crippen molar-refractivity contribution in [1.29, 1.82) is 0 Å². The maximum Gasteiger partial charge on any atom is 0.340 e. The Kier molecular flexibility index (Phi) is 20.1. The smallest absolute Gasteiger partial charge is 0.340 e. The summed E-state index contributed by atoms with van der Waals surface area (Å²) < 4.78 is 22.4. The molecule has 23 nitrogen and oxygen atoms in total. The molecule has 3 heterocycles. The Morgan fingerprint density at radius 1 is 0.303 bits per heavy atom. The van der Waals surface area contributed by atoms with Crippen LogP contribution in [0.25, 0.3) is 0 Å². The fourth-order valence-electron chi connectivity index (χ4n) is 7.95. The van der Waals surface area contributed by atoms with E-state index in [0.29, 0.717) is 0 Å². The molecule has 7 aromatic rings. The second-order valence-electron chi connectivity index (χ2n) is 23.7. The molecule has 0 saturated carbocycles. The average molecular weight is 1280 g/mol. The molecule has 0 fully saturated rings. The van der Waals surface area contributed by atoms with Crippen LogP contribution in [-0.4, -0.2) is 96.7 Å². The van der Waals surface area contributed by atoms with Gasteiger partial charge < -0.3 is 50.8 Å². The van der Waals surface area contributed by atoms with Gasteiger partial charge in [0.15, 0.2) is 0 Å². The third-order valence-electron chi connectivity index (χ3n) is 11.5. The first-order valence-electron chi connectivity index (χ1n) is 27.5. The van der Waals surface area contributed by atoms with Crippen molar-refractivity contribution in [3.05, 3.63) is 194 Å². The lowest BCUT2D eigenvalue weighted by molar-refractivity contribution is 0.00580. The number of carbonyl (C=O) groups is 10. The highest BCUT2D eigenvalue weighted by Gasteiger charge is 2.28. The lowest BCUT2D eigenvalue weighted by Crippen LogP contribution is -2.26. The van der Waals surface area contributed by atoms with Crippen molar-refractivity contribution < 1.29 is 66.9 Å². The van der Waals surface area contributed by atoms with Crippen molar-refractivity contribution in [2.75, 3.05) is 31.9 Å². The largest absolute Gasteiger partial charge is 0.456 e. The van der Waals surface area contributed by atoms with Gasteiger partial charge in [0.1, 0.15) is 56.6 Å². The Morgan fingerprint density at radius 2 is 0.494 bits per heavy atom. The summed E-state index contributed by atoms with van der Waals surface area (Å²) in [5.41, 5.74) is -6.40. The van der Waals surface area contributed by atoms with Crippen molar-refractivity contribution in [1.82, 2.24) is 15.0 Å². The molecule has 0 radical (unpaired) electrons. The fourth-order valence-corrected chi connectivity index (χ4v) is 8.38. The summed E-state index contributed by atoms with van der Waals surface area (Å²) in [5.74, 6) is -8.70. The number of para-hydroxylation sites is 4. The van der Waals surface area contributed by atoms with Crippen LogP contribution in [0.1, 0.15) is 187 Å². The number of carbonyl (C=O) groups excluding carboxylic acids is 10. The van der Waals surface area contributed by atoms with E-state index >= 15 is 0 Å². The third kappa shape index (κ3) is 18.8. The molecule has 3 aromatic heterocycles. The molecule has 0 aliphatic carbocycles.